The second-order valence-electron chi connectivity index (χ2n) is 5.96. The molecule has 2 nitrogen and oxygen atoms in total. The van der Waals surface area contributed by atoms with Crippen LogP contribution in [0, 0.1) is 5.92 Å². The Morgan fingerprint density at radius 2 is 2.15 bits per heavy atom. The molecule has 0 radical (unpaired) electrons. The van der Waals surface area contributed by atoms with Crippen LogP contribution in [0.2, 0.25) is 5.02 Å². The Hall–Kier alpha value is -0.730. The lowest BCUT2D eigenvalue weighted by Gasteiger charge is -2.24. The van der Waals surface area contributed by atoms with Crippen molar-refractivity contribution in [2.75, 3.05) is 18.0 Å². The summed E-state index contributed by atoms with van der Waals surface area (Å²) in [4.78, 5) is 2.41. The van der Waals surface area contributed by atoms with Crippen LogP contribution in [0.3, 0.4) is 0 Å². The van der Waals surface area contributed by atoms with Crippen molar-refractivity contribution >= 4 is 17.3 Å². The van der Waals surface area contributed by atoms with E-state index >= 15 is 0 Å². The van der Waals surface area contributed by atoms with Gasteiger partial charge in [-0.1, -0.05) is 37.4 Å². The molecule has 0 spiro atoms. The zero-order chi connectivity index (χ0) is 14.5. The fourth-order valence-corrected chi connectivity index (χ4v) is 3.45. The van der Waals surface area contributed by atoms with E-state index in [0.29, 0.717) is 0 Å². The van der Waals surface area contributed by atoms with E-state index in [-0.39, 0.29) is 0 Å². The summed E-state index contributed by atoms with van der Waals surface area (Å²) in [7, 11) is 0. The number of aliphatic hydroxyl groups excluding tert-OH is 1. The van der Waals surface area contributed by atoms with Crippen molar-refractivity contribution in [1.29, 1.82) is 0 Å². The summed E-state index contributed by atoms with van der Waals surface area (Å²) in [5, 5.41) is 10.4. The van der Waals surface area contributed by atoms with Crippen LogP contribution >= 0.6 is 11.6 Å². The number of nitrogens with zero attached hydrogens (tertiary/aromatic N) is 1. The molecule has 1 unspecified atom stereocenters. The summed E-state index contributed by atoms with van der Waals surface area (Å²) >= 11 is 6.40. The number of hydrogen-bond donors (Lipinski definition) is 1. The normalized spacial score (nSPS) is 21.6. The third-order valence-electron chi connectivity index (χ3n) is 4.34. The molecule has 0 aliphatic carbocycles. The first kappa shape index (κ1) is 15.7. The molecule has 1 aliphatic heterocycles. The van der Waals surface area contributed by atoms with Gasteiger partial charge < -0.3 is 10.0 Å². The van der Waals surface area contributed by atoms with Crippen LogP contribution in [-0.4, -0.2) is 18.2 Å². The van der Waals surface area contributed by atoms with Crippen molar-refractivity contribution in [2.45, 2.75) is 52.1 Å². The van der Waals surface area contributed by atoms with Crippen molar-refractivity contribution in [3.05, 3.63) is 28.8 Å². The third kappa shape index (κ3) is 3.89. The Kier molecular flexibility index (Phi) is 5.74. The van der Waals surface area contributed by atoms with E-state index in [1.165, 1.54) is 32.1 Å². The Morgan fingerprint density at radius 3 is 2.80 bits per heavy atom. The largest absolute Gasteiger partial charge is 0.389 e. The molecule has 0 aromatic heterocycles. The van der Waals surface area contributed by atoms with E-state index < -0.39 is 6.10 Å². The molecule has 1 N–H and O–H groups in total. The van der Waals surface area contributed by atoms with Gasteiger partial charge in [-0.3, -0.25) is 0 Å². The lowest BCUT2D eigenvalue weighted by atomic mass is 9.96. The molecule has 2 rings (SSSR count). The molecule has 1 fully saturated rings. The van der Waals surface area contributed by atoms with Crippen LogP contribution < -0.4 is 4.90 Å². The van der Waals surface area contributed by atoms with E-state index in [1.807, 2.05) is 12.1 Å². The lowest BCUT2D eigenvalue weighted by molar-refractivity contribution is 0.199. The molecule has 112 valence electrons. The minimum Gasteiger partial charge on any atom is -0.389 e. The second-order valence-corrected chi connectivity index (χ2v) is 6.37. The van der Waals surface area contributed by atoms with Crippen molar-refractivity contribution in [2.24, 2.45) is 5.92 Å². The molecule has 0 amide bonds. The molecule has 2 atom stereocenters. The predicted molar refractivity (Wildman–Crippen MR) is 86.5 cm³/mol. The third-order valence-corrected chi connectivity index (χ3v) is 4.64. The molecule has 20 heavy (non-hydrogen) atoms. The Morgan fingerprint density at radius 1 is 1.35 bits per heavy atom. The zero-order valence-corrected chi connectivity index (χ0v) is 13.4. The molecule has 1 aromatic rings. The summed E-state index contributed by atoms with van der Waals surface area (Å²) in [5.41, 5.74) is 2.01. The molecule has 1 aliphatic rings. The van der Waals surface area contributed by atoms with Gasteiger partial charge in [0.15, 0.2) is 0 Å². The monoisotopic (exact) mass is 295 g/mol. The first-order chi connectivity index (χ1) is 9.61. The molecule has 1 heterocycles. The predicted octanol–water partition coefficient (Wildman–Crippen LogP) is 4.80. The number of benzene rings is 1. The second kappa shape index (κ2) is 7.33. The zero-order valence-electron chi connectivity index (χ0n) is 12.6. The van der Waals surface area contributed by atoms with E-state index in [2.05, 4.69) is 17.9 Å². The van der Waals surface area contributed by atoms with Crippen molar-refractivity contribution in [3.63, 3.8) is 0 Å². The topological polar surface area (TPSA) is 23.5 Å². The van der Waals surface area contributed by atoms with Gasteiger partial charge in [0, 0.05) is 13.1 Å². The highest BCUT2D eigenvalue weighted by atomic mass is 35.5. The van der Waals surface area contributed by atoms with Crippen LogP contribution in [0.4, 0.5) is 5.69 Å². The van der Waals surface area contributed by atoms with E-state index in [9.17, 15) is 5.11 Å². The van der Waals surface area contributed by atoms with Crippen LogP contribution in [0.15, 0.2) is 18.2 Å². The van der Waals surface area contributed by atoms with Gasteiger partial charge >= 0.3 is 0 Å². The molecule has 0 bridgehead atoms. The van der Waals surface area contributed by atoms with Crippen molar-refractivity contribution in [1.82, 2.24) is 0 Å². The standard InChI is InChI=1S/C17H26ClNO/c1-3-5-14-6-4-10-19(11-9-14)17-8-7-15(13(2)20)12-16(17)18/h7-8,12-14,20H,3-6,9-11H2,1-2H3/t13-,14?/m0/s1. The fraction of sp³-hybridized carbons (Fsp3) is 0.647. The highest BCUT2D eigenvalue weighted by molar-refractivity contribution is 6.33. The number of halogens is 1. The van der Waals surface area contributed by atoms with Gasteiger partial charge in [-0.2, -0.15) is 0 Å². The van der Waals surface area contributed by atoms with Gasteiger partial charge in [0.1, 0.15) is 0 Å². The Labute approximate surface area is 127 Å². The molecule has 1 aromatic carbocycles. The van der Waals surface area contributed by atoms with Gasteiger partial charge in [0.05, 0.1) is 16.8 Å². The van der Waals surface area contributed by atoms with Crippen LogP contribution in [0.1, 0.15) is 57.6 Å². The summed E-state index contributed by atoms with van der Waals surface area (Å²) in [6.07, 6.45) is 6.03. The van der Waals surface area contributed by atoms with Gasteiger partial charge in [0.25, 0.3) is 0 Å². The van der Waals surface area contributed by atoms with E-state index in [1.54, 1.807) is 6.92 Å². The Bertz CT molecular complexity index is 433. The lowest BCUT2D eigenvalue weighted by Crippen LogP contribution is -2.24. The maximum absolute atomic E-state index is 9.62. The Balaban J connectivity index is 2.07. The minimum atomic E-state index is -0.459. The molecule has 0 saturated carbocycles. The van der Waals surface area contributed by atoms with E-state index in [0.717, 1.165) is 35.3 Å². The van der Waals surface area contributed by atoms with Gasteiger partial charge in [0.2, 0.25) is 0 Å². The van der Waals surface area contributed by atoms with Gasteiger partial charge in [-0.25, -0.2) is 0 Å². The molecule has 1 saturated heterocycles. The number of rotatable bonds is 4. The summed E-state index contributed by atoms with van der Waals surface area (Å²) < 4.78 is 0. The first-order valence-electron chi connectivity index (χ1n) is 7.84. The average Bonchev–Trinajstić information content (AvgIpc) is 2.65. The number of anilines is 1. The first-order valence-corrected chi connectivity index (χ1v) is 8.22. The smallest absolute Gasteiger partial charge is 0.0762 e. The number of hydrogen-bond acceptors (Lipinski definition) is 2. The highest BCUT2D eigenvalue weighted by Gasteiger charge is 2.18. The SMILES string of the molecule is CCCC1CCCN(c2ccc([C@H](C)O)cc2Cl)CC1. The van der Waals surface area contributed by atoms with E-state index in [4.69, 9.17) is 11.6 Å². The van der Waals surface area contributed by atoms with Crippen LogP contribution in [-0.2, 0) is 0 Å². The molecule has 3 heteroatoms. The number of aliphatic hydroxyl groups is 1. The highest BCUT2D eigenvalue weighted by Crippen LogP contribution is 2.32. The fourth-order valence-electron chi connectivity index (χ4n) is 3.14. The van der Waals surface area contributed by atoms with Gasteiger partial charge in [-0.15, -0.1) is 0 Å². The average molecular weight is 296 g/mol. The maximum atomic E-state index is 9.62. The van der Waals surface area contributed by atoms with Crippen molar-refractivity contribution in [3.8, 4) is 0 Å². The molecular weight excluding hydrogens is 270 g/mol. The summed E-state index contributed by atoms with van der Waals surface area (Å²) in [6.45, 7) is 6.23. The maximum Gasteiger partial charge on any atom is 0.0762 e. The summed E-state index contributed by atoms with van der Waals surface area (Å²) in [5.74, 6) is 0.875. The van der Waals surface area contributed by atoms with Crippen LogP contribution in [0.5, 0.6) is 0 Å². The minimum absolute atomic E-state index is 0.459. The quantitative estimate of drug-likeness (QED) is 0.862. The summed E-state index contributed by atoms with van der Waals surface area (Å²) in [6, 6.07) is 5.95. The molecular formula is C17H26ClNO. The van der Waals surface area contributed by atoms with Crippen molar-refractivity contribution < 1.29 is 5.11 Å². The van der Waals surface area contributed by atoms with Crippen LogP contribution in [0.25, 0.3) is 0 Å². The van der Waals surface area contributed by atoms with Gasteiger partial charge in [-0.05, 0) is 49.8 Å².